The highest BCUT2D eigenvalue weighted by Gasteiger charge is 2.93. The van der Waals surface area contributed by atoms with Crippen LogP contribution < -0.4 is 0 Å². The molecule has 0 aromatic heterocycles. The molecule has 1 atom stereocenters. The SMILES string of the molecule is FC(F)(F)CCC(F)(F)C(F)(F)C(F)(F)C(F)(F)C(F)(F)C(F)(F)C(F)(F)C1CO1. The molecular formula is C12H7F17O. The number of alkyl halides is 17. The summed E-state index contributed by atoms with van der Waals surface area (Å²) in [7, 11) is 0. The van der Waals surface area contributed by atoms with Crippen LogP contribution in [0.3, 0.4) is 0 Å². The van der Waals surface area contributed by atoms with E-state index < -0.39 is 73.2 Å². The van der Waals surface area contributed by atoms with Gasteiger partial charge in [0, 0.05) is 12.8 Å². The Morgan fingerprint density at radius 3 is 1.17 bits per heavy atom. The minimum Gasteiger partial charge on any atom is -0.366 e. The summed E-state index contributed by atoms with van der Waals surface area (Å²) in [5, 5.41) is 0. The maximum atomic E-state index is 13.4. The lowest BCUT2D eigenvalue weighted by Crippen LogP contribution is -2.73. The van der Waals surface area contributed by atoms with Crippen molar-refractivity contribution in [2.45, 2.75) is 66.6 Å². The molecule has 1 nitrogen and oxygen atoms in total. The third-order valence-corrected chi connectivity index (χ3v) is 3.92. The van der Waals surface area contributed by atoms with Gasteiger partial charge < -0.3 is 4.74 Å². The molecule has 1 aliphatic heterocycles. The monoisotopic (exact) mass is 490 g/mol. The van der Waals surface area contributed by atoms with E-state index in [1.807, 2.05) is 0 Å². The molecule has 18 heteroatoms. The number of hydrogen-bond acceptors (Lipinski definition) is 1. The second-order valence-corrected chi connectivity index (χ2v) is 6.14. The lowest BCUT2D eigenvalue weighted by atomic mass is 9.87. The van der Waals surface area contributed by atoms with Crippen molar-refractivity contribution in [3.05, 3.63) is 0 Å². The van der Waals surface area contributed by atoms with E-state index in [1.54, 1.807) is 0 Å². The molecule has 0 amide bonds. The molecule has 0 bridgehead atoms. The highest BCUT2D eigenvalue weighted by atomic mass is 19.4. The molecule has 1 unspecified atom stereocenters. The van der Waals surface area contributed by atoms with Crippen LogP contribution in [0.2, 0.25) is 0 Å². The number of hydrogen-bond donors (Lipinski definition) is 0. The standard InChI is InChI=1S/C12H7F17O/c13-5(14,1-2-6(15,16)17)8(20,21)10(24,25)12(28,29)11(26,27)9(22,23)7(18,19)4-3-30-4/h4H,1-3H2. The Hall–Kier alpha value is -1.23. The van der Waals surface area contributed by atoms with Gasteiger partial charge in [-0.25, -0.2) is 0 Å². The van der Waals surface area contributed by atoms with Crippen molar-refractivity contribution >= 4 is 0 Å². The van der Waals surface area contributed by atoms with Gasteiger partial charge in [0.15, 0.2) is 6.10 Å². The van der Waals surface area contributed by atoms with E-state index in [0.717, 1.165) is 0 Å². The summed E-state index contributed by atoms with van der Waals surface area (Å²) < 4.78 is 225. The molecule has 1 saturated heterocycles. The maximum Gasteiger partial charge on any atom is 0.389 e. The fourth-order valence-electron chi connectivity index (χ4n) is 1.95. The van der Waals surface area contributed by atoms with Crippen molar-refractivity contribution in [3.8, 4) is 0 Å². The molecule has 0 radical (unpaired) electrons. The van der Waals surface area contributed by atoms with E-state index in [0.29, 0.717) is 0 Å². The van der Waals surface area contributed by atoms with E-state index >= 15 is 0 Å². The van der Waals surface area contributed by atoms with E-state index in [9.17, 15) is 74.6 Å². The number of epoxide rings is 1. The van der Waals surface area contributed by atoms with Gasteiger partial charge in [0.2, 0.25) is 0 Å². The van der Waals surface area contributed by atoms with Crippen LogP contribution in [-0.4, -0.2) is 60.3 Å². The first-order valence-electron chi connectivity index (χ1n) is 7.14. The molecule has 0 aromatic rings. The third-order valence-electron chi connectivity index (χ3n) is 3.92. The van der Waals surface area contributed by atoms with Gasteiger partial charge in [0.1, 0.15) is 0 Å². The fourth-order valence-corrected chi connectivity index (χ4v) is 1.95. The van der Waals surface area contributed by atoms with Crippen molar-refractivity contribution in [2.75, 3.05) is 6.61 Å². The first-order valence-corrected chi connectivity index (χ1v) is 7.14. The molecule has 180 valence electrons. The largest absolute Gasteiger partial charge is 0.389 e. The molecule has 0 aromatic carbocycles. The second kappa shape index (κ2) is 6.88. The molecule has 1 aliphatic rings. The van der Waals surface area contributed by atoms with E-state index in [1.165, 1.54) is 0 Å². The molecule has 1 rings (SSSR count). The van der Waals surface area contributed by atoms with Gasteiger partial charge in [-0.1, -0.05) is 0 Å². The first kappa shape index (κ1) is 26.8. The quantitative estimate of drug-likeness (QED) is 0.278. The summed E-state index contributed by atoms with van der Waals surface area (Å²) in [5.41, 5.74) is 0. The zero-order valence-electron chi connectivity index (χ0n) is 13.5. The van der Waals surface area contributed by atoms with E-state index in [4.69, 9.17) is 0 Å². The Morgan fingerprint density at radius 1 is 0.500 bits per heavy atom. The molecule has 0 N–H and O–H groups in total. The van der Waals surface area contributed by atoms with Gasteiger partial charge in [0.25, 0.3) is 0 Å². The van der Waals surface area contributed by atoms with E-state index in [2.05, 4.69) is 4.74 Å². The minimum absolute atomic E-state index is 1.45. The van der Waals surface area contributed by atoms with Gasteiger partial charge in [-0.3, -0.25) is 0 Å². The van der Waals surface area contributed by atoms with Gasteiger partial charge in [0.05, 0.1) is 6.61 Å². The van der Waals surface area contributed by atoms with Crippen molar-refractivity contribution in [2.24, 2.45) is 0 Å². The zero-order chi connectivity index (χ0) is 24.4. The third kappa shape index (κ3) is 3.76. The van der Waals surface area contributed by atoms with Crippen molar-refractivity contribution in [1.82, 2.24) is 0 Å². The maximum absolute atomic E-state index is 13.4. The smallest absolute Gasteiger partial charge is 0.366 e. The zero-order valence-corrected chi connectivity index (χ0v) is 13.5. The molecule has 0 aliphatic carbocycles. The summed E-state index contributed by atoms with van der Waals surface area (Å²) in [4.78, 5) is 0. The normalized spacial score (nSPS) is 20.5. The van der Waals surface area contributed by atoms with Gasteiger partial charge in [-0.05, 0) is 0 Å². The summed E-state index contributed by atoms with van der Waals surface area (Å²) >= 11 is 0. The number of halogens is 17. The average molecular weight is 490 g/mol. The Kier molecular flexibility index (Phi) is 6.15. The number of ether oxygens (including phenoxy) is 1. The lowest BCUT2D eigenvalue weighted by Gasteiger charge is -2.42. The highest BCUT2D eigenvalue weighted by Crippen LogP contribution is 2.63. The molecule has 0 spiro atoms. The van der Waals surface area contributed by atoms with Crippen LogP contribution in [0.4, 0.5) is 74.6 Å². The minimum atomic E-state index is -8.30. The lowest BCUT2D eigenvalue weighted by molar-refractivity contribution is -0.442. The van der Waals surface area contributed by atoms with Crippen LogP contribution in [0.1, 0.15) is 12.8 Å². The summed E-state index contributed by atoms with van der Waals surface area (Å²) in [6, 6.07) is 0. The van der Waals surface area contributed by atoms with Gasteiger partial charge >= 0.3 is 47.6 Å². The molecular weight excluding hydrogens is 483 g/mol. The molecule has 1 heterocycles. The fraction of sp³-hybridized carbons (Fsp3) is 1.00. The van der Waals surface area contributed by atoms with Gasteiger partial charge in [-0.2, -0.15) is 74.6 Å². The van der Waals surface area contributed by atoms with E-state index in [-0.39, 0.29) is 0 Å². The predicted molar refractivity (Wildman–Crippen MR) is 59.7 cm³/mol. The first-order chi connectivity index (χ1) is 12.8. The van der Waals surface area contributed by atoms with Crippen LogP contribution in [0.25, 0.3) is 0 Å². The Bertz CT molecular complexity index is 629. The van der Waals surface area contributed by atoms with Gasteiger partial charge in [-0.15, -0.1) is 0 Å². The van der Waals surface area contributed by atoms with Crippen LogP contribution in [-0.2, 0) is 4.74 Å². The van der Waals surface area contributed by atoms with Crippen molar-refractivity contribution in [3.63, 3.8) is 0 Å². The Labute approximate surface area is 154 Å². The van der Waals surface area contributed by atoms with Crippen LogP contribution in [0, 0.1) is 0 Å². The van der Waals surface area contributed by atoms with Crippen molar-refractivity contribution in [1.29, 1.82) is 0 Å². The predicted octanol–water partition coefficient (Wildman–Crippen LogP) is 6.17. The number of rotatable bonds is 9. The highest BCUT2D eigenvalue weighted by molar-refractivity contribution is 5.15. The summed E-state index contributed by atoms with van der Waals surface area (Å²) in [5.74, 6) is -53.1. The van der Waals surface area contributed by atoms with Crippen LogP contribution >= 0.6 is 0 Å². The van der Waals surface area contributed by atoms with Crippen molar-refractivity contribution < 1.29 is 79.4 Å². The Balaban J connectivity index is 3.42. The molecule has 30 heavy (non-hydrogen) atoms. The topological polar surface area (TPSA) is 12.5 Å². The summed E-state index contributed by atoms with van der Waals surface area (Å²) in [6.07, 6.45) is -15.3. The molecule has 1 fully saturated rings. The summed E-state index contributed by atoms with van der Waals surface area (Å²) in [6.45, 7) is -1.45. The second-order valence-electron chi connectivity index (χ2n) is 6.14. The van der Waals surface area contributed by atoms with Crippen LogP contribution in [0.15, 0.2) is 0 Å². The average Bonchev–Trinajstić information content (AvgIpc) is 3.36. The van der Waals surface area contributed by atoms with Crippen LogP contribution in [0.5, 0.6) is 0 Å². The Morgan fingerprint density at radius 2 is 0.833 bits per heavy atom. The molecule has 0 saturated carbocycles.